The van der Waals surface area contributed by atoms with Crippen LogP contribution in [-0.4, -0.2) is 37.6 Å². The highest BCUT2D eigenvalue weighted by atomic mass is 32.2. The lowest BCUT2D eigenvalue weighted by molar-refractivity contribution is -0.384. The van der Waals surface area contributed by atoms with Gasteiger partial charge in [0, 0.05) is 25.1 Å². The molecule has 0 spiro atoms. The van der Waals surface area contributed by atoms with Gasteiger partial charge in [0.15, 0.2) is 0 Å². The van der Waals surface area contributed by atoms with Crippen molar-refractivity contribution in [1.29, 1.82) is 0 Å². The van der Waals surface area contributed by atoms with E-state index in [-0.39, 0.29) is 36.0 Å². The number of benzene rings is 2. The number of rotatable bonds is 8. The number of nitro groups is 1. The molecular weight excluding hydrogens is 450 g/mol. The highest BCUT2D eigenvalue weighted by Gasteiger charge is 2.31. The Hall–Kier alpha value is -3.24. The first kappa shape index (κ1) is 23.4. The van der Waals surface area contributed by atoms with Gasteiger partial charge < -0.3 is 10.4 Å². The van der Waals surface area contributed by atoms with Gasteiger partial charge in [-0.3, -0.25) is 24.6 Å². The van der Waals surface area contributed by atoms with Crippen LogP contribution in [0.3, 0.4) is 0 Å². The number of nitro benzene ring substituents is 1. The Balaban J connectivity index is 1.55. The third-order valence-corrected chi connectivity index (χ3v) is 6.19. The van der Waals surface area contributed by atoms with Gasteiger partial charge in [-0.15, -0.1) is 0 Å². The largest absolute Gasteiger partial charge is 0.506 e. The lowest BCUT2D eigenvalue weighted by atomic mass is 10.1. The summed E-state index contributed by atoms with van der Waals surface area (Å²) < 4.78 is 0.433. The van der Waals surface area contributed by atoms with Crippen LogP contribution in [0.2, 0.25) is 0 Å². The second kappa shape index (κ2) is 10.4. The maximum atomic E-state index is 12.7. The summed E-state index contributed by atoms with van der Waals surface area (Å²) in [6.45, 7) is 2.35. The summed E-state index contributed by atoms with van der Waals surface area (Å²) in [6.07, 6.45) is 3.14. The van der Waals surface area contributed by atoms with E-state index in [1.807, 2.05) is 24.3 Å². The quantitative estimate of drug-likeness (QED) is 0.192. The van der Waals surface area contributed by atoms with Crippen LogP contribution in [0.4, 0.5) is 11.4 Å². The molecule has 0 radical (unpaired) electrons. The lowest BCUT2D eigenvalue weighted by Gasteiger charge is -2.14. The third-order valence-electron chi connectivity index (χ3n) is 4.81. The van der Waals surface area contributed by atoms with Crippen molar-refractivity contribution in [3.8, 4) is 5.75 Å². The number of anilines is 1. The van der Waals surface area contributed by atoms with Crippen molar-refractivity contribution in [2.75, 3.05) is 11.9 Å². The van der Waals surface area contributed by atoms with E-state index in [9.17, 15) is 24.8 Å². The molecule has 2 aromatic rings. The minimum atomic E-state index is -0.615. The summed E-state index contributed by atoms with van der Waals surface area (Å²) in [5, 5.41) is 23.1. The van der Waals surface area contributed by atoms with E-state index in [1.54, 1.807) is 6.08 Å². The minimum Gasteiger partial charge on any atom is -0.506 e. The zero-order chi connectivity index (χ0) is 23.3. The Morgan fingerprint density at radius 1 is 1.28 bits per heavy atom. The first-order valence-electron chi connectivity index (χ1n) is 9.90. The number of amides is 2. The molecule has 1 aliphatic rings. The van der Waals surface area contributed by atoms with Crippen LogP contribution in [0.1, 0.15) is 30.9 Å². The SMILES string of the molecule is CCc1ccc(C=C2SC(=S)N(CCCC(=O)Nc3cc([N+](=O)[O-])ccc3O)C2=O)cc1. The molecule has 0 aromatic heterocycles. The molecule has 2 aromatic carbocycles. The maximum absolute atomic E-state index is 12.7. The molecule has 1 heterocycles. The van der Waals surface area contributed by atoms with E-state index in [0.717, 1.165) is 30.2 Å². The molecule has 0 atom stereocenters. The Morgan fingerprint density at radius 2 is 2.00 bits per heavy atom. The smallest absolute Gasteiger partial charge is 0.271 e. The van der Waals surface area contributed by atoms with Gasteiger partial charge in [0.2, 0.25) is 5.91 Å². The zero-order valence-electron chi connectivity index (χ0n) is 17.2. The fourth-order valence-corrected chi connectivity index (χ4v) is 4.35. The number of nitrogens with one attached hydrogen (secondary N) is 1. The average molecular weight is 472 g/mol. The molecular formula is C22H21N3O5S2. The first-order valence-corrected chi connectivity index (χ1v) is 11.1. The molecule has 3 rings (SSSR count). The molecule has 1 aliphatic heterocycles. The monoisotopic (exact) mass is 471 g/mol. The van der Waals surface area contributed by atoms with Gasteiger partial charge in [-0.1, -0.05) is 55.2 Å². The number of phenols is 1. The summed E-state index contributed by atoms with van der Waals surface area (Å²) in [6, 6.07) is 11.3. The molecule has 0 bridgehead atoms. The highest BCUT2D eigenvalue weighted by Crippen LogP contribution is 2.33. The summed E-state index contributed by atoms with van der Waals surface area (Å²) in [5.41, 5.74) is 1.85. The van der Waals surface area contributed by atoms with Crippen molar-refractivity contribution in [3.63, 3.8) is 0 Å². The van der Waals surface area contributed by atoms with Crippen LogP contribution in [0.5, 0.6) is 5.75 Å². The van der Waals surface area contributed by atoms with E-state index >= 15 is 0 Å². The molecule has 1 saturated heterocycles. The number of nitrogens with zero attached hydrogens (tertiary/aromatic N) is 2. The molecule has 166 valence electrons. The molecule has 2 N–H and O–H groups in total. The maximum Gasteiger partial charge on any atom is 0.271 e. The van der Waals surface area contributed by atoms with Crippen molar-refractivity contribution in [3.05, 3.63) is 68.6 Å². The van der Waals surface area contributed by atoms with Gasteiger partial charge in [0.05, 0.1) is 15.5 Å². The normalized spacial score (nSPS) is 14.8. The predicted octanol–water partition coefficient (Wildman–Crippen LogP) is 4.48. The Kier molecular flexibility index (Phi) is 7.60. The van der Waals surface area contributed by atoms with Gasteiger partial charge in [0.25, 0.3) is 11.6 Å². The number of aromatic hydroxyl groups is 1. The van der Waals surface area contributed by atoms with Crippen LogP contribution >= 0.6 is 24.0 Å². The molecule has 0 unspecified atom stereocenters. The van der Waals surface area contributed by atoms with E-state index in [2.05, 4.69) is 12.2 Å². The van der Waals surface area contributed by atoms with Gasteiger partial charge in [-0.05, 0) is 36.1 Å². The number of hydrogen-bond acceptors (Lipinski definition) is 7. The third kappa shape index (κ3) is 5.71. The van der Waals surface area contributed by atoms with Crippen molar-refractivity contribution in [2.24, 2.45) is 0 Å². The highest BCUT2D eigenvalue weighted by molar-refractivity contribution is 8.26. The van der Waals surface area contributed by atoms with E-state index in [1.165, 1.54) is 22.2 Å². The number of carbonyl (C=O) groups is 2. The number of thioether (sulfide) groups is 1. The number of phenolic OH excluding ortho intramolecular Hbond substituents is 1. The van der Waals surface area contributed by atoms with Crippen LogP contribution in [-0.2, 0) is 16.0 Å². The fraction of sp³-hybridized carbons (Fsp3) is 0.227. The van der Waals surface area contributed by atoms with Crippen molar-refractivity contribution in [1.82, 2.24) is 4.90 Å². The van der Waals surface area contributed by atoms with Crippen LogP contribution in [0.25, 0.3) is 6.08 Å². The molecule has 1 fully saturated rings. The van der Waals surface area contributed by atoms with Crippen LogP contribution in [0, 0.1) is 10.1 Å². The number of non-ortho nitro benzene ring substituents is 1. The van der Waals surface area contributed by atoms with Crippen molar-refractivity contribution >= 4 is 57.6 Å². The van der Waals surface area contributed by atoms with Gasteiger partial charge >= 0.3 is 0 Å². The zero-order valence-corrected chi connectivity index (χ0v) is 18.9. The van der Waals surface area contributed by atoms with Crippen LogP contribution in [0.15, 0.2) is 47.4 Å². The second-order valence-electron chi connectivity index (χ2n) is 7.04. The molecule has 0 saturated carbocycles. The standard InChI is InChI=1S/C22H21N3O5S2/c1-2-14-5-7-15(8-6-14)12-19-21(28)24(22(31)32-19)11-3-4-20(27)23-17-13-16(25(29)30)9-10-18(17)26/h5-10,12-13,26H,2-4,11H2,1H3,(H,23,27). The number of aryl methyl sites for hydroxylation is 1. The minimum absolute atomic E-state index is 0.0353. The summed E-state index contributed by atoms with van der Waals surface area (Å²) in [7, 11) is 0. The number of carbonyl (C=O) groups excluding carboxylic acids is 2. The first-order chi connectivity index (χ1) is 15.3. The lowest BCUT2D eigenvalue weighted by Crippen LogP contribution is -2.29. The second-order valence-corrected chi connectivity index (χ2v) is 8.71. The van der Waals surface area contributed by atoms with Crippen molar-refractivity contribution in [2.45, 2.75) is 26.2 Å². The average Bonchev–Trinajstić information content (AvgIpc) is 3.03. The van der Waals surface area contributed by atoms with Crippen molar-refractivity contribution < 1.29 is 19.6 Å². The van der Waals surface area contributed by atoms with Gasteiger partial charge in [0.1, 0.15) is 10.1 Å². The summed E-state index contributed by atoms with van der Waals surface area (Å²) >= 11 is 6.55. The van der Waals surface area contributed by atoms with E-state index < -0.39 is 10.8 Å². The molecule has 32 heavy (non-hydrogen) atoms. The van der Waals surface area contributed by atoms with Gasteiger partial charge in [-0.25, -0.2) is 0 Å². The van der Waals surface area contributed by atoms with E-state index in [0.29, 0.717) is 15.6 Å². The summed E-state index contributed by atoms with van der Waals surface area (Å²) in [5.74, 6) is -0.896. The van der Waals surface area contributed by atoms with E-state index in [4.69, 9.17) is 12.2 Å². The summed E-state index contributed by atoms with van der Waals surface area (Å²) in [4.78, 5) is 37.1. The number of hydrogen-bond donors (Lipinski definition) is 2. The molecule has 8 nitrogen and oxygen atoms in total. The fourth-order valence-electron chi connectivity index (χ4n) is 3.04. The number of thiocarbonyl (C=S) groups is 1. The molecule has 10 heteroatoms. The Bertz CT molecular complexity index is 1100. The Labute approximate surface area is 194 Å². The topological polar surface area (TPSA) is 113 Å². The molecule has 0 aliphatic carbocycles. The van der Waals surface area contributed by atoms with Crippen LogP contribution < -0.4 is 5.32 Å². The van der Waals surface area contributed by atoms with Gasteiger partial charge in [-0.2, -0.15) is 0 Å². The molecule has 2 amide bonds. The Morgan fingerprint density at radius 3 is 2.66 bits per heavy atom. The predicted molar refractivity (Wildman–Crippen MR) is 128 cm³/mol.